The van der Waals surface area contributed by atoms with Crippen molar-refractivity contribution in [2.45, 2.75) is 6.54 Å². The normalized spacial score (nSPS) is 10.9. The number of para-hydroxylation sites is 1. The van der Waals surface area contributed by atoms with E-state index in [0.29, 0.717) is 18.8 Å². The second-order valence-corrected chi connectivity index (χ2v) is 4.84. The van der Waals surface area contributed by atoms with Gasteiger partial charge in [0.1, 0.15) is 5.75 Å². The molecule has 1 rings (SSSR count). The fraction of sp³-hybridized carbons (Fsp3) is 0.600. The molecule has 120 valence electrons. The van der Waals surface area contributed by atoms with Gasteiger partial charge < -0.3 is 32.1 Å². The predicted octanol–water partition coefficient (Wildman–Crippen LogP) is -0.791. The van der Waals surface area contributed by atoms with Gasteiger partial charge in [0.2, 0.25) is 0 Å². The van der Waals surface area contributed by atoms with Gasteiger partial charge in [-0.3, -0.25) is 0 Å². The number of benzene rings is 1. The molecule has 1 aromatic carbocycles. The van der Waals surface area contributed by atoms with Gasteiger partial charge in [-0.2, -0.15) is 0 Å². The van der Waals surface area contributed by atoms with E-state index in [4.69, 9.17) is 5.73 Å². The molecule has 0 unspecified atom stereocenters. The van der Waals surface area contributed by atoms with E-state index in [0.717, 1.165) is 51.4 Å². The smallest absolute Gasteiger partial charge is 0.120 e. The zero-order chi connectivity index (χ0) is 15.2. The lowest BCUT2D eigenvalue weighted by molar-refractivity contribution is 0.464. The largest absolute Gasteiger partial charge is 0.508 e. The molecule has 0 amide bonds. The average molecular weight is 295 g/mol. The molecule has 0 aromatic heterocycles. The van der Waals surface area contributed by atoms with Gasteiger partial charge in [-0.25, -0.2) is 0 Å². The predicted molar refractivity (Wildman–Crippen MR) is 87.5 cm³/mol. The lowest BCUT2D eigenvalue weighted by atomic mass is 10.2. The summed E-state index contributed by atoms with van der Waals surface area (Å²) in [5.41, 5.74) is 6.32. The van der Waals surface area contributed by atoms with Crippen LogP contribution in [0, 0.1) is 0 Å². The van der Waals surface area contributed by atoms with Crippen LogP contribution in [0.1, 0.15) is 5.56 Å². The van der Waals surface area contributed by atoms with Crippen LogP contribution in [-0.4, -0.2) is 57.5 Å². The van der Waals surface area contributed by atoms with Crippen LogP contribution in [0.25, 0.3) is 0 Å². The van der Waals surface area contributed by atoms with E-state index >= 15 is 0 Å². The van der Waals surface area contributed by atoms with Crippen LogP contribution >= 0.6 is 0 Å². The van der Waals surface area contributed by atoms with Crippen molar-refractivity contribution in [1.29, 1.82) is 0 Å². The van der Waals surface area contributed by atoms with E-state index in [-0.39, 0.29) is 0 Å². The highest BCUT2D eigenvalue weighted by atomic mass is 16.3. The summed E-state index contributed by atoms with van der Waals surface area (Å²) < 4.78 is 0. The average Bonchev–Trinajstić information content (AvgIpc) is 2.50. The maximum absolute atomic E-state index is 9.61. The van der Waals surface area contributed by atoms with E-state index in [1.807, 2.05) is 18.2 Å². The Kier molecular flexibility index (Phi) is 10.7. The first-order valence-corrected chi connectivity index (χ1v) is 7.64. The second-order valence-electron chi connectivity index (χ2n) is 4.84. The number of hydrogen-bond donors (Lipinski definition) is 6. The molecule has 0 saturated heterocycles. The third kappa shape index (κ3) is 9.38. The summed E-state index contributed by atoms with van der Waals surface area (Å²) >= 11 is 0. The van der Waals surface area contributed by atoms with Crippen LogP contribution in [0.2, 0.25) is 0 Å². The molecule has 7 N–H and O–H groups in total. The first-order chi connectivity index (χ1) is 10.3. The van der Waals surface area contributed by atoms with Crippen LogP contribution in [-0.2, 0) is 6.54 Å². The summed E-state index contributed by atoms with van der Waals surface area (Å²) in [6.45, 7) is 7.90. The van der Waals surface area contributed by atoms with Crippen molar-refractivity contribution in [3.8, 4) is 5.75 Å². The highest BCUT2D eigenvalue weighted by Crippen LogP contribution is 2.14. The highest BCUT2D eigenvalue weighted by molar-refractivity contribution is 5.31. The molecule has 0 bridgehead atoms. The first kappa shape index (κ1) is 17.9. The summed E-state index contributed by atoms with van der Waals surface area (Å²) in [6.07, 6.45) is 0. The van der Waals surface area contributed by atoms with Crippen LogP contribution in [0.4, 0.5) is 0 Å². The van der Waals surface area contributed by atoms with Gasteiger partial charge in [-0.15, -0.1) is 0 Å². The highest BCUT2D eigenvalue weighted by Gasteiger charge is 1.97. The van der Waals surface area contributed by atoms with Gasteiger partial charge in [-0.05, 0) is 6.07 Å². The Hall–Kier alpha value is -1.18. The standard InChI is InChI=1S/C15H29N5O/c16-5-6-17-7-8-18-9-10-19-11-12-20-13-14-3-1-2-4-15(14)21/h1-4,17-21H,5-13,16H2. The number of hydrogen-bond acceptors (Lipinski definition) is 6. The van der Waals surface area contributed by atoms with Crippen LogP contribution in [0.5, 0.6) is 5.75 Å². The molecule has 0 saturated carbocycles. The van der Waals surface area contributed by atoms with E-state index in [1.54, 1.807) is 6.07 Å². The third-order valence-corrected chi connectivity index (χ3v) is 3.06. The molecule has 6 heteroatoms. The molecule has 0 heterocycles. The number of rotatable bonds is 13. The number of phenolic OH excluding ortho intramolecular Hbond substituents is 1. The Morgan fingerprint density at radius 1 is 0.762 bits per heavy atom. The van der Waals surface area contributed by atoms with Gasteiger partial charge >= 0.3 is 0 Å². The van der Waals surface area contributed by atoms with Gasteiger partial charge in [-0.1, -0.05) is 18.2 Å². The first-order valence-electron chi connectivity index (χ1n) is 7.64. The second kappa shape index (κ2) is 12.6. The molecule has 21 heavy (non-hydrogen) atoms. The van der Waals surface area contributed by atoms with Gasteiger partial charge in [0.15, 0.2) is 0 Å². The van der Waals surface area contributed by atoms with Gasteiger partial charge in [0.25, 0.3) is 0 Å². The number of nitrogens with one attached hydrogen (secondary N) is 4. The molecule has 0 atom stereocenters. The Balaban J connectivity index is 1.84. The van der Waals surface area contributed by atoms with Crippen LogP contribution in [0.15, 0.2) is 24.3 Å². The lowest BCUT2D eigenvalue weighted by Gasteiger charge is -2.09. The SMILES string of the molecule is NCCNCCNCCNCCNCc1ccccc1O. The number of phenols is 1. The summed E-state index contributed by atoms with van der Waals surface area (Å²) in [5, 5.41) is 22.9. The third-order valence-electron chi connectivity index (χ3n) is 3.06. The minimum Gasteiger partial charge on any atom is -0.508 e. The van der Waals surface area contributed by atoms with E-state index in [1.165, 1.54) is 0 Å². The monoisotopic (exact) mass is 295 g/mol. The Morgan fingerprint density at radius 2 is 1.29 bits per heavy atom. The summed E-state index contributed by atoms with van der Waals surface area (Å²) in [5.74, 6) is 0.352. The molecule has 1 aromatic rings. The zero-order valence-corrected chi connectivity index (χ0v) is 12.7. The Labute approximate surface area is 127 Å². The topological polar surface area (TPSA) is 94.4 Å². The quantitative estimate of drug-likeness (QED) is 0.267. The van der Waals surface area contributed by atoms with Crippen molar-refractivity contribution in [1.82, 2.24) is 21.3 Å². The minimum absolute atomic E-state index is 0.352. The molecule has 0 aliphatic carbocycles. The molecular formula is C15H29N5O. The number of nitrogens with two attached hydrogens (primary N) is 1. The summed E-state index contributed by atoms with van der Waals surface area (Å²) in [7, 11) is 0. The molecule has 0 aliphatic rings. The van der Waals surface area contributed by atoms with E-state index in [9.17, 15) is 5.11 Å². The van der Waals surface area contributed by atoms with E-state index < -0.39 is 0 Å². The fourth-order valence-corrected chi connectivity index (χ4v) is 1.89. The molecule has 0 spiro atoms. The Morgan fingerprint density at radius 3 is 1.86 bits per heavy atom. The maximum Gasteiger partial charge on any atom is 0.120 e. The lowest BCUT2D eigenvalue weighted by Crippen LogP contribution is -2.35. The minimum atomic E-state index is 0.352. The molecule has 0 aliphatic heterocycles. The van der Waals surface area contributed by atoms with Crippen molar-refractivity contribution >= 4 is 0 Å². The van der Waals surface area contributed by atoms with Crippen molar-refractivity contribution in [3.05, 3.63) is 29.8 Å². The molecule has 0 radical (unpaired) electrons. The van der Waals surface area contributed by atoms with Crippen molar-refractivity contribution in [2.75, 3.05) is 52.4 Å². The zero-order valence-electron chi connectivity index (χ0n) is 12.7. The molecular weight excluding hydrogens is 266 g/mol. The van der Waals surface area contributed by atoms with Crippen LogP contribution in [0.3, 0.4) is 0 Å². The maximum atomic E-state index is 9.61. The van der Waals surface area contributed by atoms with E-state index in [2.05, 4.69) is 21.3 Å². The Bertz CT molecular complexity index is 362. The fourth-order valence-electron chi connectivity index (χ4n) is 1.89. The van der Waals surface area contributed by atoms with Crippen molar-refractivity contribution in [2.24, 2.45) is 5.73 Å². The van der Waals surface area contributed by atoms with Crippen molar-refractivity contribution < 1.29 is 5.11 Å². The van der Waals surface area contributed by atoms with Crippen molar-refractivity contribution in [3.63, 3.8) is 0 Å². The molecule has 6 nitrogen and oxygen atoms in total. The summed E-state index contributed by atoms with van der Waals surface area (Å²) in [6, 6.07) is 7.41. The van der Waals surface area contributed by atoms with Gasteiger partial charge in [0.05, 0.1) is 0 Å². The molecule has 0 fully saturated rings. The summed E-state index contributed by atoms with van der Waals surface area (Å²) in [4.78, 5) is 0. The van der Waals surface area contributed by atoms with Crippen LogP contribution < -0.4 is 27.0 Å². The number of aromatic hydroxyl groups is 1. The van der Waals surface area contributed by atoms with Gasteiger partial charge in [0, 0.05) is 64.5 Å².